The Morgan fingerprint density at radius 2 is 1.96 bits per heavy atom. The zero-order valence-corrected chi connectivity index (χ0v) is 14.4. The number of benzene rings is 2. The number of carbonyl (C=O) groups is 2. The third-order valence-electron chi connectivity index (χ3n) is 3.80. The quantitative estimate of drug-likeness (QED) is 0.685. The minimum absolute atomic E-state index is 0.0396. The number of carbonyl (C=O) groups excluding carboxylic acids is 2. The lowest BCUT2D eigenvalue weighted by atomic mass is 10.1. The number of fused-ring (bicyclic) bond motifs is 1. The van der Waals surface area contributed by atoms with E-state index in [0.717, 1.165) is 10.3 Å². The average Bonchev–Trinajstić information content (AvgIpc) is 3.15. The molecule has 0 aliphatic heterocycles. The van der Waals surface area contributed by atoms with Crippen molar-refractivity contribution in [2.45, 2.75) is 13.0 Å². The zero-order chi connectivity index (χ0) is 17.8. The second-order valence-electron chi connectivity index (χ2n) is 5.56. The van der Waals surface area contributed by atoms with Crippen LogP contribution in [0.15, 0.2) is 53.9 Å². The second kappa shape index (κ2) is 7.36. The molecule has 1 atom stereocenters. The number of nitrogens with one attached hydrogen (secondary N) is 1. The molecule has 0 spiro atoms. The number of ether oxygens (including phenoxy) is 1. The molecule has 0 saturated carbocycles. The summed E-state index contributed by atoms with van der Waals surface area (Å²) in [5.74, 6) is -1.27. The standard InChI is InChI=1S/C19H17NO4S/c1-12(16-7-4-10-25-16)20-17(21)11-24-19(23)15-9-8-13-5-2-3-6-14(13)18(15)22/h2-10,12,22H,11H2,1H3,(H,20,21)/t12-/m0/s1. The SMILES string of the molecule is C[C@H](NC(=O)COC(=O)c1ccc2ccccc2c1O)c1cccs1. The van der Waals surface area contributed by atoms with Crippen LogP contribution in [-0.2, 0) is 9.53 Å². The van der Waals surface area contributed by atoms with Gasteiger partial charge in [0.15, 0.2) is 6.61 Å². The first-order valence-corrected chi connectivity index (χ1v) is 8.65. The van der Waals surface area contributed by atoms with E-state index in [0.29, 0.717) is 5.39 Å². The van der Waals surface area contributed by atoms with E-state index in [1.165, 1.54) is 6.07 Å². The molecular weight excluding hydrogens is 338 g/mol. The number of esters is 1. The lowest BCUT2D eigenvalue weighted by Gasteiger charge is -2.13. The molecule has 3 aromatic rings. The maximum absolute atomic E-state index is 12.2. The average molecular weight is 355 g/mol. The van der Waals surface area contributed by atoms with Gasteiger partial charge in [-0.2, -0.15) is 0 Å². The first-order chi connectivity index (χ1) is 12.1. The molecule has 2 aromatic carbocycles. The summed E-state index contributed by atoms with van der Waals surface area (Å²) >= 11 is 1.54. The van der Waals surface area contributed by atoms with Gasteiger partial charge in [0.05, 0.1) is 6.04 Å². The fourth-order valence-corrected chi connectivity index (χ4v) is 3.26. The van der Waals surface area contributed by atoms with Crippen molar-refractivity contribution in [1.29, 1.82) is 0 Å². The summed E-state index contributed by atoms with van der Waals surface area (Å²) in [6.45, 7) is 1.46. The minimum atomic E-state index is -0.734. The number of phenolic OH excluding ortho intramolecular Hbond substituents is 1. The summed E-state index contributed by atoms with van der Waals surface area (Å²) in [5, 5.41) is 16.3. The number of hydrogen-bond donors (Lipinski definition) is 2. The molecule has 6 heteroatoms. The van der Waals surface area contributed by atoms with Crippen LogP contribution in [0.5, 0.6) is 5.75 Å². The van der Waals surface area contributed by atoms with Gasteiger partial charge < -0.3 is 15.2 Å². The zero-order valence-electron chi connectivity index (χ0n) is 13.6. The molecule has 1 heterocycles. The van der Waals surface area contributed by atoms with Gasteiger partial charge in [-0.15, -0.1) is 11.3 Å². The van der Waals surface area contributed by atoms with Crippen molar-refractivity contribution in [2.75, 3.05) is 6.61 Å². The maximum atomic E-state index is 12.2. The maximum Gasteiger partial charge on any atom is 0.342 e. The highest BCUT2D eigenvalue weighted by atomic mass is 32.1. The Morgan fingerprint density at radius 1 is 1.16 bits per heavy atom. The van der Waals surface area contributed by atoms with E-state index in [9.17, 15) is 14.7 Å². The van der Waals surface area contributed by atoms with Gasteiger partial charge in [-0.1, -0.05) is 36.4 Å². The molecule has 128 valence electrons. The van der Waals surface area contributed by atoms with Crippen LogP contribution < -0.4 is 5.32 Å². The lowest BCUT2D eigenvalue weighted by Crippen LogP contribution is -2.30. The monoisotopic (exact) mass is 355 g/mol. The van der Waals surface area contributed by atoms with Crippen molar-refractivity contribution in [2.24, 2.45) is 0 Å². The van der Waals surface area contributed by atoms with E-state index >= 15 is 0 Å². The summed E-state index contributed by atoms with van der Waals surface area (Å²) in [5.41, 5.74) is 0.0396. The molecule has 0 radical (unpaired) electrons. The van der Waals surface area contributed by atoms with Crippen LogP contribution in [0, 0.1) is 0 Å². The van der Waals surface area contributed by atoms with Crippen LogP contribution in [0.25, 0.3) is 10.8 Å². The van der Waals surface area contributed by atoms with Crippen LogP contribution in [0.2, 0.25) is 0 Å². The Kier molecular flexibility index (Phi) is 5.00. The fraction of sp³-hybridized carbons (Fsp3) is 0.158. The van der Waals surface area contributed by atoms with Crippen LogP contribution in [0.3, 0.4) is 0 Å². The molecule has 1 aromatic heterocycles. The highest BCUT2D eigenvalue weighted by Crippen LogP contribution is 2.29. The van der Waals surface area contributed by atoms with E-state index < -0.39 is 18.5 Å². The van der Waals surface area contributed by atoms with E-state index in [4.69, 9.17) is 4.74 Å². The van der Waals surface area contributed by atoms with Crippen molar-refractivity contribution >= 4 is 34.0 Å². The third-order valence-corrected chi connectivity index (χ3v) is 4.86. The normalized spacial score (nSPS) is 11.9. The van der Waals surface area contributed by atoms with Crippen molar-refractivity contribution in [1.82, 2.24) is 5.32 Å². The molecule has 2 N–H and O–H groups in total. The third kappa shape index (κ3) is 3.80. The molecule has 3 rings (SSSR count). The van der Waals surface area contributed by atoms with E-state index in [1.807, 2.05) is 36.6 Å². The van der Waals surface area contributed by atoms with Gasteiger partial charge in [0, 0.05) is 10.3 Å². The molecule has 1 amide bonds. The molecule has 0 aliphatic rings. The molecular formula is C19H17NO4S. The predicted octanol–water partition coefficient (Wildman–Crippen LogP) is 3.64. The summed E-state index contributed by atoms with van der Waals surface area (Å²) < 4.78 is 5.03. The first kappa shape index (κ1) is 17.0. The summed E-state index contributed by atoms with van der Waals surface area (Å²) in [6, 6.07) is 14.1. The molecule has 0 aliphatic carbocycles. The number of aromatic hydroxyl groups is 1. The Balaban J connectivity index is 1.63. The number of thiophene rings is 1. The smallest absolute Gasteiger partial charge is 0.342 e. The highest BCUT2D eigenvalue weighted by Gasteiger charge is 2.17. The molecule has 5 nitrogen and oxygen atoms in total. The molecule has 0 bridgehead atoms. The number of rotatable bonds is 5. The van der Waals surface area contributed by atoms with Crippen molar-refractivity contribution < 1.29 is 19.4 Å². The van der Waals surface area contributed by atoms with E-state index in [1.54, 1.807) is 29.5 Å². The largest absolute Gasteiger partial charge is 0.506 e. The minimum Gasteiger partial charge on any atom is -0.506 e. The second-order valence-corrected chi connectivity index (χ2v) is 6.54. The van der Waals surface area contributed by atoms with E-state index in [2.05, 4.69) is 5.32 Å². The number of phenols is 1. The summed E-state index contributed by atoms with van der Waals surface area (Å²) in [7, 11) is 0. The summed E-state index contributed by atoms with van der Waals surface area (Å²) in [4.78, 5) is 25.1. The Morgan fingerprint density at radius 3 is 2.72 bits per heavy atom. The summed E-state index contributed by atoms with van der Waals surface area (Å²) in [6.07, 6.45) is 0. The van der Waals surface area contributed by atoms with Crippen LogP contribution >= 0.6 is 11.3 Å². The first-order valence-electron chi connectivity index (χ1n) is 7.77. The van der Waals surface area contributed by atoms with Gasteiger partial charge in [-0.25, -0.2) is 4.79 Å². The van der Waals surface area contributed by atoms with Crippen molar-refractivity contribution in [3.8, 4) is 5.75 Å². The van der Waals surface area contributed by atoms with Gasteiger partial charge in [-0.3, -0.25) is 4.79 Å². The van der Waals surface area contributed by atoms with Gasteiger partial charge >= 0.3 is 5.97 Å². The molecule has 0 unspecified atom stereocenters. The molecule has 25 heavy (non-hydrogen) atoms. The van der Waals surface area contributed by atoms with E-state index in [-0.39, 0.29) is 17.4 Å². The number of amides is 1. The predicted molar refractivity (Wildman–Crippen MR) is 96.8 cm³/mol. The fourth-order valence-electron chi connectivity index (χ4n) is 2.52. The topological polar surface area (TPSA) is 75.6 Å². The Hall–Kier alpha value is -2.86. The van der Waals surface area contributed by atoms with Crippen LogP contribution in [0.1, 0.15) is 28.2 Å². The van der Waals surface area contributed by atoms with Gasteiger partial charge in [0.25, 0.3) is 5.91 Å². The van der Waals surface area contributed by atoms with Crippen molar-refractivity contribution in [3.63, 3.8) is 0 Å². The van der Waals surface area contributed by atoms with Gasteiger partial charge in [-0.05, 0) is 29.8 Å². The van der Waals surface area contributed by atoms with Gasteiger partial charge in [0.2, 0.25) is 0 Å². The van der Waals surface area contributed by atoms with Crippen LogP contribution in [0.4, 0.5) is 0 Å². The highest BCUT2D eigenvalue weighted by molar-refractivity contribution is 7.10. The van der Waals surface area contributed by atoms with Crippen LogP contribution in [-0.4, -0.2) is 23.6 Å². The Labute approximate surface area is 148 Å². The van der Waals surface area contributed by atoms with Gasteiger partial charge in [0.1, 0.15) is 11.3 Å². The number of hydrogen-bond acceptors (Lipinski definition) is 5. The Bertz CT molecular complexity index is 905. The van der Waals surface area contributed by atoms with Crippen molar-refractivity contribution in [3.05, 3.63) is 64.4 Å². The molecule has 0 saturated heterocycles. The lowest BCUT2D eigenvalue weighted by molar-refractivity contribution is -0.124. The molecule has 0 fully saturated rings.